The summed E-state index contributed by atoms with van der Waals surface area (Å²) >= 11 is 1.74. The van der Waals surface area contributed by atoms with Gasteiger partial charge in [0.2, 0.25) is 5.91 Å². The Morgan fingerprint density at radius 1 is 1.35 bits per heavy atom. The molecule has 5 nitrogen and oxygen atoms in total. The molecule has 6 heteroatoms. The van der Waals surface area contributed by atoms with E-state index in [-0.39, 0.29) is 5.91 Å². The average Bonchev–Trinajstić information content (AvgIpc) is 2.93. The van der Waals surface area contributed by atoms with Crippen LogP contribution in [0.2, 0.25) is 0 Å². The van der Waals surface area contributed by atoms with Crippen LogP contribution in [0.15, 0.2) is 24.3 Å². The first-order valence-electron chi connectivity index (χ1n) is 8.99. The van der Waals surface area contributed by atoms with E-state index < -0.39 is 5.54 Å². The number of hydrogen-bond donors (Lipinski definition) is 1. The fourth-order valence-electron chi connectivity index (χ4n) is 3.63. The SMILES string of the molecule is COc1cc(-c2ccc(C)s2)cc2c1OCCN(C(=O)C1(N)CCC1)C2. The zero-order valence-electron chi connectivity index (χ0n) is 15.2. The number of aryl methyl sites for hydroxylation is 1. The number of ether oxygens (including phenoxy) is 2. The number of methoxy groups -OCH3 is 1. The van der Waals surface area contributed by atoms with Gasteiger partial charge >= 0.3 is 0 Å². The predicted octanol–water partition coefficient (Wildman–Crippen LogP) is 3.33. The van der Waals surface area contributed by atoms with Gasteiger partial charge in [-0.1, -0.05) is 0 Å². The average molecular weight is 372 g/mol. The second-order valence-electron chi connectivity index (χ2n) is 7.16. The zero-order chi connectivity index (χ0) is 18.3. The molecule has 0 atom stereocenters. The molecule has 2 N–H and O–H groups in total. The van der Waals surface area contributed by atoms with Crippen molar-refractivity contribution in [3.63, 3.8) is 0 Å². The van der Waals surface area contributed by atoms with Crippen molar-refractivity contribution >= 4 is 17.2 Å². The second kappa shape index (κ2) is 6.59. The highest BCUT2D eigenvalue weighted by Crippen LogP contribution is 2.40. The van der Waals surface area contributed by atoms with Crippen molar-refractivity contribution in [1.82, 2.24) is 4.90 Å². The van der Waals surface area contributed by atoms with Gasteiger partial charge in [0.1, 0.15) is 6.61 Å². The number of carbonyl (C=O) groups is 1. The molecule has 4 rings (SSSR count). The molecule has 1 aromatic carbocycles. The summed E-state index contributed by atoms with van der Waals surface area (Å²) in [5.41, 5.74) is 7.65. The summed E-state index contributed by atoms with van der Waals surface area (Å²) in [5, 5.41) is 0. The molecule has 2 aliphatic rings. The maximum absolute atomic E-state index is 12.9. The molecule has 0 saturated heterocycles. The largest absolute Gasteiger partial charge is 0.493 e. The third-order valence-electron chi connectivity index (χ3n) is 5.30. The van der Waals surface area contributed by atoms with Crippen LogP contribution in [-0.2, 0) is 11.3 Å². The molecule has 1 aliphatic carbocycles. The van der Waals surface area contributed by atoms with Crippen molar-refractivity contribution < 1.29 is 14.3 Å². The zero-order valence-corrected chi connectivity index (χ0v) is 16.0. The summed E-state index contributed by atoms with van der Waals surface area (Å²) in [7, 11) is 1.65. The minimum absolute atomic E-state index is 0.0385. The molecule has 26 heavy (non-hydrogen) atoms. The molecule has 0 bridgehead atoms. The van der Waals surface area contributed by atoms with Crippen molar-refractivity contribution in [1.29, 1.82) is 0 Å². The number of nitrogens with zero attached hydrogens (tertiary/aromatic N) is 1. The van der Waals surface area contributed by atoms with Crippen LogP contribution >= 0.6 is 11.3 Å². The summed E-state index contributed by atoms with van der Waals surface area (Å²) in [5.74, 6) is 1.49. The second-order valence-corrected chi connectivity index (χ2v) is 8.45. The molecule has 1 fully saturated rings. The molecule has 1 saturated carbocycles. The van der Waals surface area contributed by atoms with E-state index >= 15 is 0 Å². The van der Waals surface area contributed by atoms with Crippen molar-refractivity contribution in [2.75, 3.05) is 20.3 Å². The Balaban J connectivity index is 1.70. The smallest absolute Gasteiger partial charge is 0.243 e. The standard InChI is InChI=1S/C20H24N2O3S/c1-13-4-5-17(26-13)14-10-15-12-22(19(23)20(21)6-3-7-20)8-9-25-18(15)16(11-14)24-2/h4-5,10-11H,3,6-9,12,21H2,1-2H3. The minimum Gasteiger partial charge on any atom is -0.493 e. The number of benzene rings is 1. The third-order valence-corrected chi connectivity index (χ3v) is 6.35. The lowest BCUT2D eigenvalue weighted by molar-refractivity contribution is -0.140. The fourth-order valence-corrected chi connectivity index (χ4v) is 4.48. The normalized spacial score (nSPS) is 18.3. The quantitative estimate of drug-likeness (QED) is 0.897. The summed E-state index contributed by atoms with van der Waals surface area (Å²) in [6.07, 6.45) is 2.57. The van der Waals surface area contributed by atoms with E-state index in [4.69, 9.17) is 15.2 Å². The van der Waals surface area contributed by atoms with Gasteiger partial charge in [0.05, 0.1) is 19.2 Å². The van der Waals surface area contributed by atoms with Gasteiger partial charge in [-0.15, -0.1) is 11.3 Å². The number of carbonyl (C=O) groups excluding carboxylic acids is 1. The van der Waals surface area contributed by atoms with Gasteiger partial charge in [-0.25, -0.2) is 0 Å². The van der Waals surface area contributed by atoms with Gasteiger partial charge in [-0.05, 0) is 56.0 Å². The lowest BCUT2D eigenvalue weighted by atomic mass is 9.76. The third kappa shape index (κ3) is 2.97. The van der Waals surface area contributed by atoms with E-state index in [0.29, 0.717) is 25.4 Å². The van der Waals surface area contributed by atoms with Crippen LogP contribution in [0.3, 0.4) is 0 Å². The van der Waals surface area contributed by atoms with E-state index in [1.807, 2.05) is 11.0 Å². The number of amides is 1. The van der Waals surface area contributed by atoms with E-state index in [1.165, 1.54) is 9.75 Å². The van der Waals surface area contributed by atoms with Gasteiger partial charge in [0.25, 0.3) is 0 Å². The van der Waals surface area contributed by atoms with Crippen molar-refractivity contribution in [2.24, 2.45) is 5.73 Å². The molecular weight excluding hydrogens is 348 g/mol. The highest BCUT2D eigenvalue weighted by atomic mass is 32.1. The van der Waals surface area contributed by atoms with Crippen LogP contribution in [0, 0.1) is 6.92 Å². The van der Waals surface area contributed by atoms with Gasteiger partial charge in [-0.2, -0.15) is 0 Å². The molecule has 0 spiro atoms. The molecule has 138 valence electrons. The van der Waals surface area contributed by atoms with E-state index in [9.17, 15) is 4.79 Å². The molecule has 1 aliphatic heterocycles. The molecular formula is C20H24N2O3S. The van der Waals surface area contributed by atoms with Gasteiger partial charge in [0.15, 0.2) is 11.5 Å². The van der Waals surface area contributed by atoms with Gasteiger partial charge in [0, 0.05) is 21.9 Å². The van der Waals surface area contributed by atoms with E-state index in [2.05, 4.69) is 25.1 Å². The van der Waals surface area contributed by atoms with Crippen LogP contribution in [0.4, 0.5) is 0 Å². The Labute approximate surface area is 157 Å². The van der Waals surface area contributed by atoms with Crippen molar-refractivity contribution in [3.8, 4) is 21.9 Å². The van der Waals surface area contributed by atoms with Crippen LogP contribution < -0.4 is 15.2 Å². The maximum Gasteiger partial charge on any atom is 0.243 e. The topological polar surface area (TPSA) is 64.8 Å². The number of rotatable bonds is 3. The minimum atomic E-state index is -0.683. The molecule has 0 radical (unpaired) electrons. The number of hydrogen-bond acceptors (Lipinski definition) is 5. The maximum atomic E-state index is 12.9. The lowest BCUT2D eigenvalue weighted by Gasteiger charge is -2.40. The monoisotopic (exact) mass is 372 g/mol. The lowest BCUT2D eigenvalue weighted by Crippen LogP contribution is -2.59. The molecule has 1 amide bonds. The van der Waals surface area contributed by atoms with Crippen molar-refractivity contribution in [3.05, 3.63) is 34.7 Å². The molecule has 2 heterocycles. The molecule has 0 unspecified atom stereocenters. The Morgan fingerprint density at radius 3 is 2.77 bits per heavy atom. The number of fused-ring (bicyclic) bond motifs is 1. The summed E-state index contributed by atoms with van der Waals surface area (Å²) in [6.45, 7) is 3.59. The number of thiophene rings is 1. The highest BCUT2D eigenvalue weighted by molar-refractivity contribution is 7.15. The van der Waals surface area contributed by atoms with Crippen LogP contribution in [0.5, 0.6) is 11.5 Å². The van der Waals surface area contributed by atoms with Crippen LogP contribution in [0.1, 0.15) is 29.7 Å². The highest BCUT2D eigenvalue weighted by Gasteiger charge is 2.43. The van der Waals surface area contributed by atoms with Gasteiger partial charge in [-0.3, -0.25) is 4.79 Å². The predicted molar refractivity (Wildman–Crippen MR) is 103 cm³/mol. The van der Waals surface area contributed by atoms with E-state index in [0.717, 1.165) is 36.1 Å². The Bertz CT molecular complexity index is 842. The number of nitrogens with two attached hydrogens (primary N) is 1. The summed E-state index contributed by atoms with van der Waals surface area (Å²) in [6, 6.07) is 8.35. The Kier molecular flexibility index (Phi) is 4.40. The van der Waals surface area contributed by atoms with Crippen molar-refractivity contribution in [2.45, 2.75) is 38.3 Å². The van der Waals surface area contributed by atoms with Gasteiger partial charge < -0.3 is 20.1 Å². The first-order chi connectivity index (χ1) is 12.5. The molecule has 1 aromatic heterocycles. The van der Waals surface area contributed by atoms with Crippen LogP contribution in [-0.4, -0.2) is 36.6 Å². The molecule has 2 aromatic rings. The fraction of sp³-hybridized carbons (Fsp3) is 0.450. The summed E-state index contributed by atoms with van der Waals surface area (Å²) in [4.78, 5) is 17.2. The van der Waals surface area contributed by atoms with E-state index in [1.54, 1.807) is 18.4 Å². The summed E-state index contributed by atoms with van der Waals surface area (Å²) < 4.78 is 11.5. The Morgan fingerprint density at radius 2 is 2.15 bits per heavy atom. The first-order valence-corrected chi connectivity index (χ1v) is 9.80. The first kappa shape index (κ1) is 17.4. The van der Waals surface area contributed by atoms with Crippen LogP contribution in [0.25, 0.3) is 10.4 Å². The Hall–Kier alpha value is -2.05.